The van der Waals surface area contributed by atoms with Crippen LogP contribution in [0.1, 0.15) is 24.8 Å². The fourth-order valence-corrected chi connectivity index (χ4v) is 2.94. The van der Waals surface area contributed by atoms with Gasteiger partial charge >= 0.3 is 0 Å². The van der Waals surface area contributed by atoms with E-state index < -0.39 is 0 Å². The summed E-state index contributed by atoms with van der Waals surface area (Å²) in [6, 6.07) is 11.6. The van der Waals surface area contributed by atoms with E-state index >= 15 is 0 Å². The van der Waals surface area contributed by atoms with Crippen LogP contribution in [0.2, 0.25) is 5.02 Å². The van der Waals surface area contributed by atoms with Crippen LogP contribution < -0.4 is 10.6 Å². The lowest BCUT2D eigenvalue weighted by Crippen LogP contribution is -2.30. The lowest BCUT2D eigenvalue weighted by Gasteiger charge is -2.30. The molecule has 1 aromatic carbocycles. The summed E-state index contributed by atoms with van der Waals surface area (Å²) in [5.74, 6) is 0.288. The molecule has 5 heteroatoms. The maximum Gasteiger partial charge on any atom is 0.144 e. The Hall–Kier alpha value is -2.25. The van der Waals surface area contributed by atoms with Crippen molar-refractivity contribution in [3.63, 3.8) is 0 Å². The summed E-state index contributed by atoms with van der Waals surface area (Å²) in [5.41, 5.74) is 9.10. The zero-order valence-electron chi connectivity index (χ0n) is 12.2. The Morgan fingerprint density at radius 1 is 1.14 bits per heavy atom. The van der Waals surface area contributed by atoms with E-state index in [9.17, 15) is 5.26 Å². The van der Waals surface area contributed by atoms with E-state index in [0.717, 1.165) is 42.9 Å². The molecule has 1 fully saturated rings. The summed E-state index contributed by atoms with van der Waals surface area (Å²) in [5, 5.41) is 10.1. The van der Waals surface area contributed by atoms with Crippen molar-refractivity contribution in [3.05, 3.63) is 40.9 Å². The van der Waals surface area contributed by atoms with Gasteiger partial charge in [-0.3, -0.25) is 0 Å². The highest BCUT2D eigenvalue weighted by molar-refractivity contribution is 6.30. The number of anilines is 2. The van der Waals surface area contributed by atoms with Gasteiger partial charge < -0.3 is 10.6 Å². The Morgan fingerprint density at radius 2 is 1.82 bits per heavy atom. The van der Waals surface area contributed by atoms with Crippen molar-refractivity contribution in [1.29, 1.82) is 5.26 Å². The molecule has 0 bridgehead atoms. The van der Waals surface area contributed by atoms with Crippen molar-refractivity contribution in [2.45, 2.75) is 19.3 Å². The Balaban J connectivity index is 2.07. The van der Waals surface area contributed by atoms with Crippen molar-refractivity contribution >= 4 is 23.1 Å². The van der Waals surface area contributed by atoms with Crippen molar-refractivity contribution in [3.8, 4) is 17.3 Å². The summed E-state index contributed by atoms with van der Waals surface area (Å²) in [6.45, 7) is 1.91. The van der Waals surface area contributed by atoms with Gasteiger partial charge in [-0.25, -0.2) is 4.98 Å². The van der Waals surface area contributed by atoms with E-state index in [2.05, 4.69) is 16.0 Å². The zero-order chi connectivity index (χ0) is 15.5. The summed E-state index contributed by atoms with van der Waals surface area (Å²) < 4.78 is 0. The van der Waals surface area contributed by atoms with Crippen LogP contribution in [-0.4, -0.2) is 18.1 Å². The molecule has 0 spiro atoms. The van der Waals surface area contributed by atoms with Crippen LogP contribution in [0.5, 0.6) is 0 Å². The maximum absolute atomic E-state index is 9.41. The number of nitrogens with two attached hydrogens (primary N) is 1. The SMILES string of the molecule is N#Cc1c(N2CCCCC2)cc(-c2ccc(Cl)cc2)nc1N. The van der Waals surface area contributed by atoms with Crippen LogP contribution in [0.25, 0.3) is 11.3 Å². The number of halogens is 1. The normalized spacial score (nSPS) is 14.6. The molecule has 1 aliphatic heterocycles. The van der Waals surface area contributed by atoms with E-state index in [1.165, 1.54) is 6.42 Å². The minimum Gasteiger partial charge on any atom is -0.383 e. The molecule has 4 nitrogen and oxygen atoms in total. The molecule has 1 aromatic heterocycles. The Bertz CT molecular complexity index is 713. The predicted octanol–water partition coefficient (Wildman–Crippen LogP) is 3.85. The number of aromatic nitrogens is 1. The van der Waals surface area contributed by atoms with E-state index in [-0.39, 0.29) is 5.82 Å². The summed E-state index contributed by atoms with van der Waals surface area (Å²) >= 11 is 5.93. The van der Waals surface area contributed by atoms with Gasteiger partial charge in [-0.2, -0.15) is 5.26 Å². The average Bonchev–Trinajstić information content (AvgIpc) is 2.55. The summed E-state index contributed by atoms with van der Waals surface area (Å²) in [4.78, 5) is 6.62. The van der Waals surface area contributed by atoms with Crippen LogP contribution in [0.4, 0.5) is 11.5 Å². The first-order valence-corrected chi connectivity index (χ1v) is 7.78. The quantitative estimate of drug-likeness (QED) is 0.914. The van der Waals surface area contributed by atoms with Crippen molar-refractivity contribution in [1.82, 2.24) is 4.98 Å². The van der Waals surface area contributed by atoms with Gasteiger partial charge in [0.05, 0.1) is 11.4 Å². The molecule has 0 saturated carbocycles. The Morgan fingerprint density at radius 3 is 2.45 bits per heavy atom. The second-order valence-electron chi connectivity index (χ2n) is 5.45. The number of nitrogen functional groups attached to an aromatic ring is 1. The third-order valence-corrected chi connectivity index (χ3v) is 4.23. The van der Waals surface area contributed by atoms with Crippen LogP contribution in [0.3, 0.4) is 0 Å². The van der Waals surface area contributed by atoms with Gasteiger partial charge in [-0.1, -0.05) is 23.7 Å². The van der Waals surface area contributed by atoms with E-state index in [0.29, 0.717) is 10.6 Å². The molecule has 1 saturated heterocycles. The first kappa shape index (κ1) is 14.7. The van der Waals surface area contributed by atoms with Crippen LogP contribution in [0.15, 0.2) is 30.3 Å². The van der Waals surface area contributed by atoms with Gasteiger partial charge in [0.2, 0.25) is 0 Å². The molecule has 2 aromatic rings. The van der Waals surface area contributed by atoms with Gasteiger partial charge in [0.15, 0.2) is 0 Å². The predicted molar refractivity (Wildman–Crippen MR) is 89.9 cm³/mol. The van der Waals surface area contributed by atoms with Gasteiger partial charge in [-0.15, -0.1) is 0 Å². The topological polar surface area (TPSA) is 65.9 Å². The van der Waals surface area contributed by atoms with Crippen molar-refractivity contribution < 1.29 is 0 Å². The molecule has 0 amide bonds. The number of rotatable bonds is 2. The molecule has 1 aliphatic rings. The number of pyridine rings is 1. The second kappa shape index (κ2) is 6.25. The standard InChI is InChI=1S/C17H17ClN4/c18-13-6-4-12(5-7-13)15-10-16(14(11-19)17(20)21-15)22-8-2-1-3-9-22/h4-7,10H,1-3,8-9H2,(H2,20,21). The first-order valence-electron chi connectivity index (χ1n) is 7.40. The summed E-state index contributed by atoms with van der Waals surface area (Å²) in [7, 11) is 0. The van der Waals surface area contributed by atoms with Gasteiger partial charge in [0.25, 0.3) is 0 Å². The molecular weight excluding hydrogens is 296 g/mol. The van der Waals surface area contributed by atoms with Gasteiger partial charge in [0, 0.05) is 23.7 Å². The number of hydrogen-bond acceptors (Lipinski definition) is 4. The number of hydrogen-bond donors (Lipinski definition) is 1. The average molecular weight is 313 g/mol. The largest absolute Gasteiger partial charge is 0.383 e. The molecule has 3 rings (SSSR count). The third-order valence-electron chi connectivity index (χ3n) is 3.98. The highest BCUT2D eigenvalue weighted by Crippen LogP contribution is 2.31. The minimum absolute atomic E-state index is 0.288. The van der Waals surface area contributed by atoms with Crippen molar-refractivity contribution in [2.24, 2.45) is 0 Å². The summed E-state index contributed by atoms with van der Waals surface area (Å²) in [6.07, 6.45) is 3.52. The van der Waals surface area contributed by atoms with Crippen molar-refractivity contribution in [2.75, 3.05) is 23.7 Å². The van der Waals surface area contributed by atoms with Gasteiger partial charge in [0.1, 0.15) is 17.5 Å². The van der Waals surface area contributed by atoms with Crippen LogP contribution in [0, 0.1) is 11.3 Å². The molecule has 22 heavy (non-hydrogen) atoms. The highest BCUT2D eigenvalue weighted by atomic mass is 35.5. The number of nitriles is 1. The van der Waals surface area contributed by atoms with E-state index in [1.54, 1.807) is 0 Å². The fraction of sp³-hybridized carbons (Fsp3) is 0.294. The maximum atomic E-state index is 9.41. The second-order valence-corrected chi connectivity index (χ2v) is 5.89. The Kier molecular flexibility index (Phi) is 4.17. The smallest absolute Gasteiger partial charge is 0.144 e. The van der Waals surface area contributed by atoms with Gasteiger partial charge in [-0.05, 0) is 37.5 Å². The third kappa shape index (κ3) is 2.86. The molecule has 0 unspecified atom stereocenters. The molecule has 0 radical (unpaired) electrons. The number of piperidine rings is 1. The van der Waals surface area contributed by atoms with E-state index in [4.69, 9.17) is 17.3 Å². The monoisotopic (exact) mass is 312 g/mol. The lowest BCUT2D eigenvalue weighted by atomic mass is 10.1. The lowest BCUT2D eigenvalue weighted by molar-refractivity contribution is 0.577. The zero-order valence-corrected chi connectivity index (χ0v) is 13.0. The Labute approximate surface area is 135 Å². The van der Waals surface area contributed by atoms with Crippen LogP contribution >= 0.6 is 11.6 Å². The molecule has 0 atom stereocenters. The van der Waals surface area contributed by atoms with E-state index in [1.807, 2.05) is 30.3 Å². The fourth-order valence-electron chi connectivity index (χ4n) is 2.82. The number of benzene rings is 1. The first-order chi connectivity index (χ1) is 10.7. The molecule has 112 valence electrons. The molecule has 2 heterocycles. The molecular formula is C17H17ClN4. The molecule has 0 aliphatic carbocycles. The highest BCUT2D eigenvalue weighted by Gasteiger charge is 2.19. The minimum atomic E-state index is 0.288. The number of nitrogens with zero attached hydrogens (tertiary/aromatic N) is 3. The molecule has 2 N–H and O–H groups in total. The van der Waals surface area contributed by atoms with Crippen LogP contribution in [-0.2, 0) is 0 Å².